The third kappa shape index (κ3) is 7.20. The number of amides is 1. The number of benzene rings is 1. The normalized spacial score (nSPS) is 16.2. The Bertz CT molecular complexity index is 854. The molecule has 1 aliphatic rings. The molecule has 0 aliphatic carbocycles. The van der Waals surface area contributed by atoms with Gasteiger partial charge in [0.15, 0.2) is 0 Å². The first-order valence-corrected chi connectivity index (χ1v) is 10.0. The Morgan fingerprint density at radius 1 is 1.19 bits per heavy atom. The zero-order chi connectivity index (χ0) is 21.5. The number of rotatable bonds is 9. The van der Waals surface area contributed by atoms with Crippen LogP contribution in [0.4, 0.5) is 0 Å². The van der Waals surface area contributed by atoms with Crippen LogP contribution in [0.5, 0.6) is 5.75 Å². The van der Waals surface area contributed by atoms with Gasteiger partial charge in [0.25, 0.3) is 0 Å². The smallest absolute Gasteiger partial charge is 0.303 e. The van der Waals surface area contributed by atoms with Crippen molar-refractivity contribution in [2.45, 2.75) is 44.2 Å². The van der Waals surface area contributed by atoms with Crippen LogP contribution in [0.15, 0.2) is 28.7 Å². The highest BCUT2D eigenvalue weighted by atomic mass is 35.5. The van der Waals surface area contributed by atoms with Crippen LogP contribution in [0.25, 0.3) is 0 Å². The lowest BCUT2D eigenvalue weighted by Crippen LogP contribution is -3.00. The average Bonchev–Trinajstić information content (AvgIpc) is 3.23. The second-order valence-electron chi connectivity index (χ2n) is 7.47. The Labute approximate surface area is 186 Å². The number of carboxylic acid groups (broad SMARTS) is 1. The van der Waals surface area contributed by atoms with Gasteiger partial charge in [-0.3, -0.25) is 9.59 Å². The zero-order valence-corrected chi connectivity index (χ0v) is 17.7. The largest absolute Gasteiger partial charge is 1.00 e. The van der Waals surface area contributed by atoms with Crippen molar-refractivity contribution in [3.8, 4) is 5.75 Å². The first kappa shape index (κ1) is 24.6. The van der Waals surface area contributed by atoms with Crippen LogP contribution in [0.3, 0.4) is 0 Å². The van der Waals surface area contributed by atoms with E-state index in [1.54, 1.807) is 24.3 Å². The van der Waals surface area contributed by atoms with E-state index in [0.717, 1.165) is 31.5 Å². The molecule has 2 atom stereocenters. The van der Waals surface area contributed by atoms with Crippen molar-refractivity contribution >= 4 is 11.9 Å². The number of nitrogens with zero attached hydrogens (tertiary/aromatic N) is 2. The molecular formula is C20H27ClN5O5-. The van der Waals surface area contributed by atoms with E-state index in [4.69, 9.17) is 15.3 Å². The van der Waals surface area contributed by atoms with Crippen LogP contribution < -0.4 is 28.8 Å². The molecule has 1 saturated heterocycles. The first-order chi connectivity index (χ1) is 14.4. The summed E-state index contributed by atoms with van der Waals surface area (Å²) in [6.07, 6.45) is 1.87. The van der Waals surface area contributed by atoms with Gasteiger partial charge in [-0.25, -0.2) is 0 Å². The molecule has 10 nitrogen and oxygen atoms in total. The average molecular weight is 453 g/mol. The molecule has 1 aromatic carbocycles. The number of phenols is 1. The number of carbonyl (C=O) groups excluding carboxylic acids is 1. The molecule has 1 aromatic heterocycles. The van der Waals surface area contributed by atoms with Gasteiger partial charge >= 0.3 is 5.97 Å². The lowest BCUT2D eigenvalue weighted by molar-refractivity contribution is -0.137. The molecule has 0 spiro atoms. The van der Waals surface area contributed by atoms with Crippen molar-refractivity contribution in [2.75, 3.05) is 13.1 Å². The molecule has 0 saturated carbocycles. The van der Waals surface area contributed by atoms with E-state index in [1.807, 2.05) is 0 Å². The summed E-state index contributed by atoms with van der Waals surface area (Å²) >= 11 is 0. The first-order valence-electron chi connectivity index (χ1n) is 10.0. The highest BCUT2D eigenvalue weighted by Crippen LogP contribution is 2.23. The fourth-order valence-corrected chi connectivity index (χ4v) is 3.41. The molecular weight excluding hydrogens is 426 g/mol. The predicted molar refractivity (Wildman–Crippen MR) is 106 cm³/mol. The van der Waals surface area contributed by atoms with E-state index in [2.05, 4.69) is 20.8 Å². The van der Waals surface area contributed by atoms with Gasteiger partial charge in [-0.2, -0.15) is 0 Å². The molecule has 0 unspecified atom stereocenters. The molecule has 3 rings (SSSR count). The minimum atomic E-state index is -0.972. The van der Waals surface area contributed by atoms with Crippen LogP contribution in [-0.2, 0) is 16.0 Å². The summed E-state index contributed by atoms with van der Waals surface area (Å²) in [7, 11) is 0. The minimum Gasteiger partial charge on any atom is -1.00 e. The maximum atomic E-state index is 12.6. The fourth-order valence-electron chi connectivity index (χ4n) is 3.41. The standard InChI is InChI=1S/C20H27N5O5.ClH/c21-15(11-12-1-3-14(26)4-2-12)19-24-25-20(30-19)16(5-6-17(27)28)23-18(29)13-7-9-22-10-8-13;/h1-4,13,15-16,22,26H,5-11,21H2,(H,23,29)(H,27,28);1H/p-1/t15-,16-;/m0./s1. The molecule has 31 heavy (non-hydrogen) atoms. The number of aromatic hydroxyl groups is 1. The fraction of sp³-hybridized carbons (Fsp3) is 0.500. The molecule has 6 N–H and O–H groups in total. The number of carbonyl (C=O) groups is 2. The molecule has 11 heteroatoms. The number of carboxylic acids is 1. The molecule has 2 aromatic rings. The van der Waals surface area contributed by atoms with Gasteiger partial charge in [0, 0.05) is 12.3 Å². The third-order valence-corrected chi connectivity index (χ3v) is 5.14. The number of nitrogens with one attached hydrogen (secondary N) is 2. The molecule has 0 radical (unpaired) electrons. The highest BCUT2D eigenvalue weighted by molar-refractivity contribution is 5.79. The van der Waals surface area contributed by atoms with Crippen LogP contribution in [0.1, 0.15) is 55.1 Å². The van der Waals surface area contributed by atoms with Crippen LogP contribution in [0.2, 0.25) is 0 Å². The Balaban J connectivity index is 0.00000341. The minimum absolute atomic E-state index is 0. The lowest BCUT2D eigenvalue weighted by atomic mass is 9.96. The molecule has 2 heterocycles. The molecule has 170 valence electrons. The second kappa shape index (κ2) is 11.6. The summed E-state index contributed by atoms with van der Waals surface area (Å²) in [5.74, 6) is -0.722. The Morgan fingerprint density at radius 3 is 2.48 bits per heavy atom. The van der Waals surface area contributed by atoms with Gasteiger partial charge in [0.05, 0.1) is 6.04 Å². The predicted octanol–water partition coefficient (Wildman–Crippen LogP) is -1.96. The maximum absolute atomic E-state index is 12.6. The molecule has 1 aliphatic heterocycles. The van der Waals surface area contributed by atoms with E-state index in [9.17, 15) is 14.7 Å². The quantitative estimate of drug-likeness (QED) is 0.290. The molecule has 1 fully saturated rings. The number of phenolic OH excluding ortho intramolecular Hbond substituents is 1. The van der Waals surface area contributed by atoms with Gasteiger partial charge in [0.1, 0.15) is 11.8 Å². The maximum Gasteiger partial charge on any atom is 0.303 e. The number of hydrogen-bond acceptors (Lipinski definition) is 8. The number of aromatic nitrogens is 2. The van der Waals surface area contributed by atoms with Gasteiger partial charge in [-0.05, 0) is 56.5 Å². The van der Waals surface area contributed by atoms with Gasteiger partial charge in [-0.15, -0.1) is 10.2 Å². The summed E-state index contributed by atoms with van der Waals surface area (Å²) in [4.78, 5) is 23.7. The Morgan fingerprint density at radius 2 is 1.84 bits per heavy atom. The Hall–Kier alpha value is -2.69. The zero-order valence-electron chi connectivity index (χ0n) is 17.0. The summed E-state index contributed by atoms with van der Waals surface area (Å²) in [6.45, 7) is 1.55. The summed E-state index contributed by atoms with van der Waals surface area (Å²) in [5, 5.41) is 32.5. The number of aliphatic carboxylic acids is 1. The second-order valence-corrected chi connectivity index (χ2v) is 7.47. The number of hydrogen-bond donors (Lipinski definition) is 5. The lowest BCUT2D eigenvalue weighted by Gasteiger charge is -2.24. The van der Waals surface area contributed by atoms with Crippen molar-refractivity contribution in [3.05, 3.63) is 41.6 Å². The van der Waals surface area contributed by atoms with Crippen molar-refractivity contribution in [1.82, 2.24) is 20.8 Å². The van der Waals surface area contributed by atoms with Crippen molar-refractivity contribution in [2.24, 2.45) is 11.7 Å². The van der Waals surface area contributed by atoms with Gasteiger partial charge < -0.3 is 43.4 Å². The van der Waals surface area contributed by atoms with Crippen molar-refractivity contribution < 1.29 is 36.6 Å². The number of piperidine rings is 1. The summed E-state index contributed by atoms with van der Waals surface area (Å²) in [6, 6.07) is 5.38. The number of nitrogens with two attached hydrogens (primary N) is 1. The van der Waals surface area contributed by atoms with E-state index >= 15 is 0 Å². The van der Waals surface area contributed by atoms with Crippen LogP contribution >= 0.6 is 0 Å². The monoisotopic (exact) mass is 452 g/mol. The topological polar surface area (TPSA) is 164 Å². The summed E-state index contributed by atoms with van der Waals surface area (Å²) in [5.41, 5.74) is 7.06. The van der Waals surface area contributed by atoms with Crippen molar-refractivity contribution in [3.63, 3.8) is 0 Å². The highest BCUT2D eigenvalue weighted by Gasteiger charge is 2.28. The Kier molecular flexibility index (Phi) is 9.22. The molecule has 1 amide bonds. The number of halogens is 1. The van der Waals surface area contributed by atoms with Crippen LogP contribution in [-0.4, -0.2) is 45.4 Å². The van der Waals surface area contributed by atoms with Gasteiger partial charge in [0.2, 0.25) is 17.7 Å². The molecule has 0 bridgehead atoms. The summed E-state index contributed by atoms with van der Waals surface area (Å²) < 4.78 is 5.71. The van der Waals surface area contributed by atoms with E-state index < -0.39 is 18.1 Å². The van der Waals surface area contributed by atoms with Crippen LogP contribution in [0, 0.1) is 5.92 Å². The van der Waals surface area contributed by atoms with E-state index in [0.29, 0.717) is 6.42 Å². The van der Waals surface area contributed by atoms with E-state index in [-0.39, 0.29) is 54.6 Å². The SMILES string of the molecule is N[C@@H](Cc1ccc(O)cc1)c1nnc([C@H](CCC(=O)O)NC(=O)C2CCNCC2)o1.[Cl-]. The van der Waals surface area contributed by atoms with Crippen molar-refractivity contribution in [1.29, 1.82) is 0 Å². The van der Waals surface area contributed by atoms with E-state index in [1.165, 1.54) is 0 Å². The third-order valence-electron chi connectivity index (χ3n) is 5.14. The van der Waals surface area contributed by atoms with Gasteiger partial charge in [-0.1, -0.05) is 12.1 Å².